The quantitative estimate of drug-likeness (QED) is 0.330. The van der Waals surface area contributed by atoms with Gasteiger partial charge in [0, 0.05) is 46.6 Å². The molecule has 2 aliphatic heterocycles. The van der Waals surface area contributed by atoms with E-state index >= 15 is 0 Å². The van der Waals surface area contributed by atoms with Crippen molar-refractivity contribution in [1.82, 2.24) is 4.90 Å². The van der Waals surface area contributed by atoms with Crippen LogP contribution in [-0.2, 0) is 9.84 Å². The van der Waals surface area contributed by atoms with Gasteiger partial charge in [0.05, 0.1) is 4.90 Å². The normalized spacial score (nSPS) is 20.2. The van der Waals surface area contributed by atoms with E-state index in [2.05, 4.69) is 18.7 Å². The summed E-state index contributed by atoms with van der Waals surface area (Å²) >= 11 is 6.19. The van der Waals surface area contributed by atoms with Gasteiger partial charge in [0.15, 0.2) is 21.4 Å². The first-order valence-electron chi connectivity index (χ1n) is 13.3. The highest BCUT2D eigenvalue weighted by atomic mass is 35.5. The summed E-state index contributed by atoms with van der Waals surface area (Å²) in [4.78, 5) is 2.50. The van der Waals surface area contributed by atoms with Gasteiger partial charge < -0.3 is 14.6 Å². The number of hydrogen-bond donors (Lipinski definition) is 1. The van der Waals surface area contributed by atoms with Crippen molar-refractivity contribution in [2.24, 2.45) is 5.92 Å². The van der Waals surface area contributed by atoms with Gasteiger partial charge in [-0.3, -0.25) is 4.90 Å². The van der Waals surface area contributed by atoms with Crippen molar-refractivity contribution in [3.8, 4) is 17.2 Å². The highest BCUT2D eigenvalue weighted by molar-refractivity contribution is 7.90. The Morgan fingerprint density at radius 2 is 1.88 bits per heavy atom. The second-order valence-electron chi connectivity index (χ2n) is 10.9. The zero-order valence-corrected chi connectivity index (χ0v) is 24.5. The second kappa shape index (κ2) is 11.1. The lowest BCUT2D eigenvalue weighted by Crippen LogP contribution is -2.35. The average molecular weight is 586 g/mol. The number of rotatable bonds is 7. The van der Waals surface area contributed by atoms with Gasteiger partial charge in [-0.15, -0.1) is 0 Å². The Morgan fingerprint density at radius 1 is 1.15 bits per heavy atom. The maximum absolute atomic E-state index is 14.3. The summed E-state index contributed by atoms with van der Waals surface area (Å²) in [6, 6.07) is 14.9. The lowest BCUT2D eigenvalue weighted by molar-refractivity contribution is 0.169. The lowest BCUT2D eigenvalue weighted by Gasteiger charge is -2.32. The number of phenols is 1. The molecule has 0 aromatic heterocycles. The van der Waals surface area contributed by atoms with Gasteiger partial charge in [0.1, 0.15) is 24.2 Å². The van der Waals surface area contributed by atoms with Crippen LogP contribution < -0.4 is 9.47 Å². The van der Waals surface area contributed by atoms with Gasteiger partial charge in [-0.05, 0) is 74.2 Å². The topological polar surface area (TPSA) is 76.1 Å². The van der Waals surface area contributed by atoms with Gasteiger partial charge >= 0.3 is 0 Å². The Labute approximate surface area is 239 Å². The number of likely N-dealkylation sites (tertiary alicyclic amines) is 1. The summed E-state index contributed by atoms with van der Waals surface area (Å²) < 4.78 is 52.3. The highest BCUT2D eigenvalue weighted by Gasteiger charge is 2.33. The van der Waals surface area contributed by atoms with Gasteiger partial charge in [0.25, 0.3) is 0 Å². The molecule has 9 heteroatoms. The number of fused-ring (bicyclic) bond motifs is 1. The molecule has 5 rings (SSSR count). The number of phenolic OH excluding ortho intramolecular Hbond substituents is 1. The summed E-state index contributed by atoms with van der Waals surface area (Å²) in [6.45, 7) is 8.97. The molecule has 1 N–H and O–H groups in total. The van der Waals surface area contributed by atoms with Crippen molar-refractivity contribution < 1.29 is 27.4 Å². The molecule has 2 heterocycles. The average Bonchev–Trinajstić information content (AvgIpc) is 3.35. The van der Waals surface area contributed by atoms with Crippen molar-refractivity contribution >= 4 is 32.6 Å². The number of aromatic hydroxyl groups is 1. The number of ether oxygens (including phenoxy) is 2. The Morgan fingerprint density at radius 3 is 2.52 bits per heavy atom. The van der Waals surface area contributed by atoms with Crippen LogP contribution in [0.2, 0.25) is 5.02 Å². The summed E-state index contributed by atoms with van der Waals surface area (Å²) in [5.41, 5.74) is 2.88. The van der Waals surface area contributed by atoms with E-state index in [4.69, 9.17) is 21.1 Å². The molecular weight excluding hydrogens is 553 g/mol. The summed E-state index contributed by atoms with van der Waals surface area (Å²) in [6.07, 6.45) is 1.58. The molecule has 2 aliphatic rings. The molecular formula is C31H33ClFNO5S. The number of nitrogens with zero attached hydrogens (tertiary/aromatic N) is 1. The summed E-state index contributed by atoms with van der Waals surface area (Å²) in [5, 5.41) is 10.4. The monoisotopic (exact) mass is 585 g/mol. The first kappa shape index (κ1) is 28.5. The van der Waals surface area contributed by atoms with Gasteiger partial charge in [-0.2, -0.15) is 0 Å². The van der Waals surface area contributed by atoms with Gasteiger partial charge in [-0.25, -0.2) is 12.8 Å². The Hall–Kier alpha value is -3.07. The van der Waals surface area contributed by atoms with Crippen LogP contribution in [0.15, 0.2) is 59.5 Å². The number of allylic oxidation sites excluding steroid dienone is 1. The van der Waals surface area contributed by atoms with Crippen LogP contribution in [0, 0.1) is 11.7 Å². The van der Waals surface area contributed by atoms with Crippen LogP contribution in [0.25, 0.3) is 11.1 Å². The third kappa shape index (κ3) is 5.71. The smallest absolute Gasteiger partial charge is 0.176 e. The molecule has 3 atom stereocenters. The predicted octanol–water partition coefficient (Wildman–Crippen LogP) is 6.76. The first-order chi connectivity index (χ1) is 18.9. The molecule has 0 radical (unpaired) electrons. The molecule has 0 bridgehead atoms. The fourth-order valence-corrected chi connectivity index (χ4v) is 6.65. The molecule has 0 saturated carbocycles. The van der Waals surface area contributed by atoms with Gasteiger partial charge in [0.2, 0.25) is 0 Å². The van der Waals surface area contributed by atoms with Crippen molar-refractivity contribution in [3.05, 3.63) is 82.1 Å². The van der Waals surface area contributed by atoms with Crippen LogP contribution in [-0.4, -0.2) is 50.4 Å². The summed E-state index contributed by atoms with van der Waals surface area (Å²) in [5.74, 6) is 0.348. The number of hydrogen-bond acceptors (Lipinski definition) is 6. The summed E-state index contributed by atoms with van der Waals surface area (Å²) in [7, 11) is -3.67. The minimum atomic E-state index is -3.67. The number of benzene rings is 3. The Balaban J connectivity index is 1.52. The minimum absolute atomic E-state index is 0.0582. The minimum Gasteiger partial charge on any atom is -0.505 e. The molecule has 1 unspecified atom stereocenters. The lowest BCUT2D eigenvalue weighted by atomic mass is 9.86. The maximum Gasteiger partial charge on any atom is 0.176 e. The molecule has 3 aromatic rings. The molecule has 0 spiro atoms. The fourth-order valence-electron chi connectivity index (χ4n) is 5.50. The molecule has 0 amide bonds. The fraction of sp³-hybridized carbons (Fsp3) is 0.355. The van der Waals surface area contributed by atoms with Crippen LogP contribution in [0.1, 0.15) is 50.0 Å². The highest BCUT2D eigenvalue weighted by Crippen LogP contribution is 2.49. The van der Waals surface area contributed by atoms with E-state index in [9.17, 15) is 17.9 Å². The van der Waals surface area contributed by atoms with E-state index in [-0.39, 0.29) is 15.7 Å². The third-order valence-corrected chi connectivity index (χ3v) is 9.12. The molecule has 0 aliphatic carbocycles. The molecule has 6 nitrogen and oxygen atoms in total. The van der Waals surface area contributed by atoms with Crippen LogP contribution in [0.5, 0.6) is 17.2 Å². The van der Waals surface area contributed by atoms with Crippen LogP contribution >= 0.6 is 11.6 Å². The maximum atomic E-state index is 14.3. The van der Waals surface area contributed by atoms with Crippen molar-refractivity contribution in [2.75, 3.05) is 26.0 Å². The van der Waals surface area contributed by atoms with Crippen LogP contribution in [0.3, 0.4) is 0 Å². The Bertz CT molecular complexity index is 1570. The first-order valence-corrected chi connectivity index (χ1v) is 15.6. The molecule has 212 valence electrons. The largest absolute Gasteiger partial charge is 0.505 e. The van der Waals surface area contributed by atoms with Crippen molar-refractivity contribution in [1.29, 1.82) is 0 Å². The van der Waals surface area contributed by atoms with E-state index in [1.165, 1.54) is 18.6 Å². The van der Waals surface area contributed by atoms with Crippen LogP contribution in [0.4, 0.5) is 4.39 Å². The Kier molecular flexibility index (Phi) is 7.88. The SMILES string of the molecule is CC1=C(c2ccc(Cl)cc2S(C)(=O)=O)C(c2ccc(OC[C@H](C)N3CC[C@@H](C)C3)cc2)Oc2cc(F)c(O)cc21. The van der Waals surface area contributed by atoms with E-state index in [1.807, 2.05) is 24.3 Å². The standard InChI is InChI=1S/C31H33ClFNO5S/c1-18-11-12-34(16-18)19(2)17-38-23-8-5-21(6-9-23)31-30(24-10-7-22(32)13-29(24)40(4,36)37)20(3)25-14-27(35)26(33)15-28(25)39-31/h5-10,13-15,18-19,31,35H,11-12,16-17H2,1-4H3/t18-,19+,31?/m1/s1. The zero-order valence-electron chi connectivity index (χ0n) is 22.9. The van der Waals surface area contributed by atoms with Crippen molar-refractivity contribution in [2.45, 2.75) is 44.2 Å². The predicted molar refractivity (Wildman–Crippen MR) is 155 cm³/mol. The van der Waals surface area contributed by atoms with Gasteiger partial charge in [-0.1, -0.05) is 36.7 Å². The second-order valence-corrected chi connectivity index (χ2v) is 13.3. The number of halogens is 2. The van der Waals surface area contributed by atoms with E-state index in [1.54, 1.807) is 19.1 Å². The van der Waals surface area contributed by atoms with E-state index < -0.39 is 27.5 Å². The van der Waals surface area contributed by atoms with E-state index in [0.29, 0.717) is 46.6 Å². The number of sulfone groups is 1. The zero-order chi connectivity index (χ0) is 28.8. The molecule has 1 fully saturated rings. The molecule has 1 saturated heterocycles. The molecule has 40 heavy (non-hydrogen) atoms. The third-order valence-electron chi connectivity index (χ3n) is 7.75. The molecule has 3 aromatic carbocycles. The van der Waals surface area contributed by atoms with E-state index in [0.717, 1.165) is 31.0 Å². The van der Waals surface area contributed by atoms with Crippen molar-refractivity contribution in [3.63, 3.8) is 0 Å².